The van der Waals surface area contributed by atoms with E-state index >= 15 is 0 Å². The van der Waals surface area contributed by atoms with Crippen molar-refractivity contribution in [3.05, 3.63) is 29.8 Å². The highest BCUT2D eigenvalue weighted by atomic mass is 32.2. The standard InChI is InChI=1S/C18H27NO5S.C10H16OS/c1-13-6-8-16(9-7-13)25(21,22)23-12-15-10-14(2)11-19(15)17(20)24-18(3,4)5;1-9(2)7-3-4-10(9,6-12)8(11)5-7/h6-9,14-15H,10-12H2,1-5H3;7,12H,3-6H2,1-2H3/t14-,15+;/m1./s1. The number of likely N-dealkylation sites (tertiary alicyclic amines) is 1. The van der Waals surface area contributed by atoms with Gasteiger partial charge >= 0.3 is 6.09 Å². The van der Waals surface area contributed by atoms with Gasteiger partial charge in [0.15, 0.2) is 0 Å². The number of carbonyl (C=O) groups is 2. The maximum atomic E-state index is 12.3. The molecule has 9 heteroatoms. The summed E-state index contributed by atoms with van der Waals surface area (Å²) in [5.74, 6) is 2.12. The van der Waals surface area contributed by atoms with Gasteiger partial charge in [0.25, 0.3) is 10.1 Å². The monoisotopic (exact) mass is 553 g/mol. The Morgan fingerprint density at radius 1 is 1.19 bits per heavy atom. The number of thiol groups is 1. The van der Waals surface area contributed by atoms with E-state index in [2.05, 4.69) is 26.5 Å². The van der Waals surface area contributed by atoms with E-state index in [1.165, 1.54) is 18.6 Å². The fraction of sp³-hybridized carbons (Fsp3) is 0.714. The van der Waals surface area contributed by atoms with Crippen molar-refractivity contribution in [1.82, 2.24) is 4.90 Å². The van der Waals surface area contributed by atoms with Crippen molar-refractivity contribution in [3.63, 3.8) is 0 Å². The second-order valence-corrected chi connectivity index (χ2v) is 14.4. The molecule has 2 saturated carbocycles. The minimum absolute atomic E-state index is 0.0687. The van der Waals surface area contributed by atoms with Gasteiger partial charge in [-0.05, 0) is 76.3 Å². The zero-order valence-corrected chi connectivity index (χ0v) is 25.0. The Hall–Kier alpha value is -1.58. The van der Waals surface area contributed by atoms with E-state index in [0.29, 0.717) is 24.7 Å². The van der Waals surface area contributed by atoms with E-state index in [9.17, 15) is 18.0 Å². The molecule has 1 saturated heterocycles. The molecule has 4 atom stereocenters. The maximum Gasteiger partial charge on any atom is 0.410 e. The second-order valence-electron chi connectivity index (χ2n) is 12.5. The predicted molar refractivity (Wildman–Crippen MR) is 147 cm³/mol. The number of Topliss-reactive ketones (excluding diaryl/α,β-unsaturated/α-hetero) is 1. The summed E-state index contributed by atoms with van der Waals surface area (Å²) in [5.41, 5.74) is 0.522. The quantitative estimate of drug-likeness (QED) is 0.374. The van der Waals surface area contributed by atoms with Crippen LogP contribution in [-0.2, 0) is 23.8 Å². The van der Waals surface area contributed by atoms with E-state index < -0.39 is 21.8 Å². The molecule has 3 fully saturated rings. The number of amides is 1. The van der Waals surface area contributed by atoms with Gasteiger partial charge in [0, 0.05) is 24.1 Å². The van der Waals surface area contributed by atoms with Crippen molar-refractivity contribution in [3.8, 4) is 0 Å². The fourth-order valence-corrected chi connectivity index (χ4v) is 7.62. The van der Waals surface area contributed by atoms with E-state index in [0.717, 1.165) is 24.2 Å². The highest BCUT2D eigenvalue weighted by Crippen LogP contribution is 2.64. The summed E-state index contributed by atoms with van der Waals surface area (Å²) >= 11 is 4.36. The summed E-state index contributed by atoms with van der Waals surface area (Å²) in [6.45, 7) is 14.3. The minimum Gasteiger partial charge on any atom is -0.444 e. The molecule has 1 aromatic carbocycles. The fourth-order valence-electron chi connectivity index (χ4n) is 5.93. The normalized spacial score (nSPS) is 28.7. The SMILES string of the molecule is CC1(C)C2CCC1(CS)C(=O)C2.Cc1ccc(S(=O)(=O)OC[C@@H]2C[C@@H](C)CN2C(=O)OC(C)(C)C)cc1. The van der Waals surface area contributed by atoms with Gasteiger partial charge in [0.05, 0.1) is 17.5 Å². The summed E-state index contributed by atoms with van der Waals surface area (Å²) in [7, 11) is -3.85. The molecule has 1 aromatic rings. The number of aryl methyl sites for hydroxylation is 1. The average molecular weight is 554 g/mol. The molecule has 0 radical (unpaired) electrons. The van der Waals surface area contributed by atoms with Crippen molar-refractivity contribution >= 4 is 34.6 Å². The summed E-state index contributed by atoms with van der Waals surface area (Å²) in [6.07, 6.45) is 3.38. The highest BCUT2D eigenvalue weighted by molar-refractivity contribution is 7.86. The number of rotatable bonds is 5. The van der Waals surface area contributed by atoms with Crippen LogP contribution in [0.25, 0.3) is 0 Å². The van der Waals surface area contributed by atoms with Crippen LogP contribution in [0.1, 0.15) is 72.8 Å². The van der Waals surface area contributed by atoms with E-state index in [4.69, 9.17) is 8.92 Å². The lowest BCUT2D eigenvalue weighted by Crippen LogP contribution is -2.42. The van der Waals surface area contributed by atoms with Gasteiger partial charge in [-0.1, -0.05) is 38.5 Å². The van der Waals surface area contributed by atoms with Crippen LogP contribution in [-0.4, -0.2) is 55.7 Å². The topological polar surface area (TPSA) is 90.0 Å². The van der Waals surface area contributed by atoms with Gasteiger partial charge in [0.2, 0.25) is 0 Å². The molecule has 3 aliphatic rings. The molecule has 2 aliphatic carbocycles. The van der Waals surface area contributed by atoms with E-state index in [1.54, 1.807) is 37.8 Å². The third-order valence-corrected chi connectivity index (χ3v) is 10.2. The minimum atomic E-state index is -3.85. The molecular weight excluding hydrogens is 510 g/mol. The third kappa shape index (κ3) is 6.36. The highest BCUT2D eigenvalue weighted by Gasteiger charge is 2.63. The summed E-state index contributed by atoms with van der Waals surface area (Å²) in [5, 5.41) is 0. The van der Waals surface area contributed by atoms with Gasteiger partial charge < -0.3 is 9.64 Å². The lowest BCUT2D eigenvalue weighted by atomic mass is 9.70. The summed E-state index contributed by atoms with van der Waals surface area (Å²) in [4.78, 5) is 25.8. The zero-order valence-electron chi connectivity index (χ0n) is 23.2. The lowest BCUT2D eigenvalue weighted by Gasteiger charge is -2.34. The molecule has 0 N–H and O–H groups in total. The van der Waals surface area contributed by atoms with Crippen molar-refractivity contribution in [2.75, 3.05) is 18.9 Å². The Bertz CT molecular complexity index is 1090. The van der Waals surface area contributed by atoms with Crippen molar-refractivity contribution in [2.24, 2.45) is 22.7 Å². The molecular formula is C28H43NO6S2. The van der Waals surface area contributed by atoms with Crippen LogP contribution in [0.5, 0.6) is 0 Å². The Morgan fingerprint density at radius 2 is 1.81 bits per heavy atom. The Morgan fingerprint density at radius 3 is 2.27 bits per heavy atom. The molecule has 37 heavy (non-hydrogen) atoms. The van der Waals surface area contributed by atoms with Crippen LogP contribution >= 0.6 is 12.6 Å². The number of nitrogens with zero attached hydrogens (tertiary/aromatic N) is 1. The number of benzene rings is 1. The third-order valence-electron chi connectivity index (χ3n) is 8.39. The smallest absolute Gasteiger partial charge is 0.410 e. The van der Waals surface area contributed by atoms with Crippen molar-refractivity contribution in [2.45, 2.75) is 90.7 Å². The Kier molecular flexibility index (Phi) is 8.82. The molecule has 2 bridgehead atoms. The molecule has 7 nitrogen and oxygen atoms in total. The molecule has 208 valence electrons. The van der Waals surface area contributed by atoms with Crippen LogP contribution in [0.3, 0.4) is 0 Å². The van der Waals surface area contributed by atoms with Crippen LogP contribution < -0.4 is 0 Å². The van der Waals surface area contributed by atoms with Gasteiger partial charge in [-0.3, -0.25) is 8.98 Å². The van der Waals surface area contributed by atoms with Gasteiger partial charge in [0.1, 0.15) is 11.4 Å². The maximum absolute atomic E-state index is 12.3. The molecule has 1 amide bonds. The Labute approximate surface area is 228 Å². The number of ketones is 1. The van der Waals surface area contributed by atoms with Crippen molar-refractivity contribution in [1.29, 1.82) is 0 Å². The molecule has 0 spiro atoms. The van der Waals surface area contributed by atoms with Crippen molar-refractivity contribution < 1.29 is 26.9 Å². The number of carbonyl (C=O) groups excluding carboxylic acids is 2. The largest absolute Gasteiger partial charge is 0.444 e. The lowest BCUT2D eigenvalue weighted by molar-refractivity contribution is -0.127. The summed E-state index contributed by atoms with van der Waals surface area (Å²) in [6, 6.07) is 6.17. The number of ether oxygens (including phenoxy) is 1. The van der Waals surface area contributed by atoms with Gasteiger partial charge in [-0.2, -0.15) is 21.0 Å². The predicted octanol–water partition coefficient (Wildman–Crippen LogP) is 5.66. The number of fused-ring (bicyclic) bond motifs is 2. The molecule has 2 unspecified atom stereocenters. The first kappa shape index (κ1) is 30.0. The average Bonchev–Trinajstić information content (AvgIpc) is 3.35. The number of hydrogen-bond donors (Lipinski definition) is 1. The molecule has 4 rings (SSSR count). The first-order valence-corrected chi connectivity index (χ1v) is 15.2. The van der Waals surface area contributed by atoms with Gasteiger partial charge in [-0.15, -0.1) is 0 Å². The van der Waals surface area contributed by atoms with Crippen LogP contribution in [0, 0.1) is 29.6 Å². The van der Waals surface area contributed by atoms with E-state index in [-0.39, 0.29) is 34.3 Å². The van der Waals surface area contributed by atoms with Crippen LogP contribution in [0.2, 0.25) is 0 Å². The second kappa shape index (κ2) is 10.9. The van der Waals surface area contributed by atoms with E-state index in [1.807, 2.05) is 13.8 Å². The Balaban J connectivity index is 0.000000262. The zero-order chi connectivity index (χ0) is 27.8. The summed E-state index contributed by atoms with van der Waals surface area (Å²) < 4.78 is 35.3. The number of hydrogen-bond acceptors (Lipinski definition) is 7. The first-order valence-electron chi connectivity index (χ1n) is 13.1. The molecule has 0 aromatic heterocycles. The van der Waals surface area contributed by atoms with Gasteiger partial charge in [-0.25, -0.2) is 4.79 Å². The molecule has 1 aliphatic heterocycles. The first-order chi connectivity index (χ1) is 17.0. The van der Waals surface area contributed by atoms with Crippen LogP contribution in [0.4, 0.5) is 4.79 Å². The molecule has 1 heterocycles. The van der Waals surface area contributed by atoms with Crippen LogP contribution in [0.15, 0.2) is 29.2 Å².